The number of carbonyl (C=O) groups is 1. The van der Waals surface area contributed by atoms with Gasteiger partial charge in [0.1, 0.15) is 0 Å². The predicted molar refractivity (Wildman–Crippen MR) is 86.9 cm³/mol. The Hall–Kier alpha value is -1.42. The van der Waals surface area contributed by atoms with Crippen LogP contribution >= 0.6 is 15.9 Å². The van der Waals surface area contributed by atoms with Crippen LogP contribution in [0.4, 0.5) is 0 Å². The van der Waals surface area contributed by atoms with Crippen LogP contribution in [0.3, 0.4) is 0 Å². The van der Waals surface area contributed by atoms with E-state index in [4.69, 9.17) is 0 Å². The molecule has 2 atom stereocenters. The smallest absolute Gasteiger partial charge is 0.182 e. The molecule has 1 aromatic heterocycles. The molecule has 1 aromatic carbocycles. The Balaban J connectivity index is 1.67. The zero-order chi connectivity index (χ0) is 14.7. The van der Waals surface area contributed by atoms with Gasteiger partial charge in [-0.15, -0.1) is 0 Å². The van der Waals surface area contributed by atoms with Crippen LogP contribution in [-0.4, -0.2) is 20.2 Å². The maximum Gasteiger partial charge on any atom is 0.182 e. The lowest BCUT2D eigenvalue weighted by Gasteiger charge is -2.26. The molecule has 110 valence electrons. The Kier molecular flexibility index (Phi) is 4.54. The topological polar surface area (TPSA) is 34.9 Å². The number of nitrogens with zero attached hydrogens (tertiary/aromatic N) is 2. The van der Waals surface area contributed by atoms with Crippen molar-refractivity contribution < 1.29 is 4.79 Å². The summed E-state index contributed by atoms with van der Waals surface area (Å²) in [5.41, 5.74) is 2.14. The molecule has 2 aromatic rings. The van der Waals surface area contributed by atoms with Gasteiger partial charge in [0.15, 0.2) is 5.78 Å². The number of alkyl halides is 1. The highest BCUT2D eigenvalue weighted by Crippen LogP contribution is 2.35. The van der Waals surface area contributed by atoms with Crippen LogP contribution in [0, 0.1) is 0 Å². The number of carbonyl (C=O) groups excluding carboxylic acids is 1. The van der Waals surface area contributed by atoms with Crippen molar-refractivity contribution >= 4 is 21.7 Å². The minimum absolute atomic E-state index is 0.126. The lowest BCUT2D eigenvalue weighted by molar-refractivity contribution is 0.0972. The Labute approximate surface area is 133 Å². The van der Waals surface area contributed by atoms with Crippen LogP contribution in [-0.2, 0) is 6.54 Å². The summed E-state index contributed by atoms with van der Waals surface area (Å²) < 4.78 is 1.80. The third-order valence-electron chi connectivity index (χ3n) is 4.20. The van der Waals surface area contributed by atoms with Gasteiger partial charge in [0, 0.05) is 22.8 Å². The van der Waals surface area contributed by atoms with E-state index in [-0.39, 0.29) is 5.78 Å². The summed E-state index contributed by atoms with van der Waals surface area (Å²) in [6, 6.07) is 8.17. The molecule has 3 rings (SSSR count). The van der Waals surface area contributed by atoms with Gasteiger partial charge in [-0.05, 0) is 30.7 Å². The van der Waals surface area contributed by atoms with Crippen molar-refractivity contribution in [3.8, 4) is 0 Å². The SMILES string of the molecule is O=C(Cn1ccnc1)c1ccc(C2CCCC(Br)C2)cc1. The van der Waals surface area contributed by atoms with Gasteiger partial charge in [-0.2, -0.15) is 0 Å². The Morgan fingerprint density at radius 1 is 1.29 bits per heavy atom. The van der Waals surface area contributed by atoms with E-state index in [1.54, 1.807) is 17.1 Å². The van der Waals surface area contributed by atoms with Crippen LogP contribution in [0.5, 0.6) is 0 Å². The normalized spacial score (nSPS) is 22.1. The highest BCUT2D eigenvalue weighted by molar-refractivity contribution is 9.09. The van der Waals surface area contributed by atoms with Gasteiger partial charge in [0.2, 0.25) is 0 Å². The van der Waals surface area contributed by atoms with Crippen molar-refractivity contribution in [1.82, 2.24) is 9.55 Å². The standard InChI is InChI=1S/C17H19BrN2O/c18-16-3-1-2-15(10-16)13-4-6-14(7-5-13)17(21)11-20-9-8-19-12-20/h4-9,12,15-16H,1-3,10-11H2. The zero-order valence-corrected chi connectivity index (χ0v) is 13.5. The molecule has 0 spiro atoms. The summed E-state index contributed by atoms with van der Waals surface area (Å²) in [7, 11) is 0. The second kappa shape index (κ2) is 6.56. The van der Waals surface area contributed by atoms with E-state index >= 15 is 0 Å². The van der Waals surface area contributed by atoms with E-state index in [9.17, 15) is 4.79 Å². The molecule has 1 saturated carbocycles. The second-order valence-electron chi connectivity index (χ2n) is 5.74. The Bertz CT molecular complexity index is 592. The molecule has 1 heterocycles. The highest BCUT2D eigenvalue weighted by atomic mass is 79.9. The van der Waals surface area contributed by atoms with Crippen molar-refractivity contribution in [3.63, 3.8) is 0 Å². The predicted octanol–water partition coefficient (Wildman–Crippen LogP) is 4.19. The third kappa shape index (κ3) is 3.62. The quantitative estimate of drug-likeness (QED) is 0.614. The number of benzene rings is 1. The number of ketones is 1. The lowest BCUT2D eigenvalue weighted by Crippen LogP contribution is -2.14. The monoisotopic (exact) mass is 346 g/mol. The Morgan fingerprint density at radius 3 is 2.76 bits per heavy atom. The maximum atomic E-state index is 12.2. The van der Waals surface area contributed by atoms with Gasteiger partial charge in [-0.1, -0.05) is 46.6 Å². The number of halogens is 1. The number of Topliss-reactive ketones (excluding diaryl/α,β-unsaturated/α-hetero) is 1. The first-order valence-corrected chi connectivity index (χ1v) is 8.37. The molecule has 21 heavy (non-hydrogen) atoms. The Morgan fingerprint density at radius 2 is 2.10 bits per heavy atom. The van der Waals surface area contributed by atoms with Crippen LogP contribution in [0.15, 0.2) is 43.0 Å². The van der Waals surface area contributed by atoms with E-state index < -0.39 is 0 Å². The fraction of sp³-hybridized carbons (Fsp3) is 0.412. The average Bonchev–Trinajstić information content (AvgIpc) is 3.00. The van der Waals surface area contributed by atoms with E-state index in [2.05, 4.69) is 33.0 Å². The molecule has 0 amide bonds. The summed E-state index contributed by atoms with van der Waals surface area (Å²) in [6.45, 7) is 0.353. The van der Waals surface area contributed by atoms with Crippen LogP contribution in [0.1, 0.15) is 47.5 Å². The third-order valence-corrected chi connectivity index (χ3v) is 5.03. The molecule has 1 aliphatic carbocycles. The molecule has 0 N–H and O–H groups in total. The zero-order valence-electron chi connectivity index (χ0n) is 11.9. The minimum atomic E-state index is 0.126. The number of hydrogen-bond acceptors (Lipinski definition) is 2. The van der Waals surface area contributed by atoms with E-state index in [1.165, 1.54) is 31.2 Å². The molecule has 3 nitrogen and oxygen atoms in total. The van der Waals surface area contributed by atoms with Crippen LogP contribution < -0.4 is 0 Å². The van der Waals surface area contributed by atoms with E-state index in [0.717, 1.165) is 5.56 Å². The molecule has 0 aliphatic heterocycles. The summed E-state index contributed by atoms with van der Waals surface area (Å²) in [5.74, 6) is 0.752. The van der Waals surface area contributed by atoms with E-state index in [0.29, 0.717) is 17.3 Å². The van der Waals surface area contributed by atoms with E-state index in [1.807, 2.05) is 18.3 Å². The average molecular weight is 347 g/mol. The van der Waals surface area contributed by atoms with Gasteiger partial charge in [0.05, 0.1) is 12.9 Å². The largest absolute Gasteiger partial charge is 0.330 e. The maximum absolute atomic E-state index is 12.2. The lowest BCUT2D eigenvalue weighted by atomic mass is 9.84. The number of rotatable bonds is 4. The molecule has 0 bridgehead atoms. The summed E-state index contributed by atoms with van der Waals surface area (Å²) in [4.78, 5) is 16.8. The van der Waals surface area contributed by atoms with Crippen molar-refractivity contribution in [2.45, 2.75) is 43.0 Å². The molecular formula is C17H19BrN2O. The molecule has 0 saturated heterocycles. The van der Waals surface area contributed by atoms with Crippen molar-refractivity contribution in [1.29, 1.82) is 0 Å². The van der Waals surface area contributed by atoms with Crippen molar-refractivity contribution in [2.24, 2.45) is 0 Å². The van der Waals surface area contributed by atoms with Crippen molar-refractivity contribution in [2.75, 3.05) is 0 Å². The summed E-state index contributed by atoms with van der Waals surface area (Å²) in [5, 5.41) is 0. The van der Waals surface area contributed by atoms with Crippen LogP contribution in [0.25, 0.3) is 0 Å². The molecule has 1 aliphatic rings. The molecule has 2 unspecified atom stereocenters. The molecular weight excluding hydrogens is 328 g/mol. The highest BCUT2D eigenvalue weighted by Gasteiger charge is 2.21. The summed E-state index contributed by atoms with van der Waals surface area (Å²) in [6.07, 6.45) is 10.2. The molecule has 1 fully saturated rings. The van der Waals surface area contributed by atoms with Gasteiger partial charge >= 0.3 is 0 Å². The second-order valence-corrected chi connectivity index (χ2v) is 7.04. The first-order valence-electron chi connectivity index (χ1n) is 7.45. The number of imidazole rings is 1. The van der Waals surface area contributed by atoms with Crippen LogP contribution in [0.2, 0.25) is 0 Å². The summed E-state index contributed by atoms with van der Waals surface area (Å²) >= 11 is 3.73. The van der Waals surface area contributed by atoms with Gasteiger partial charge in [0.25, 0.3) is 0 Å². The molecule has 4 heteroatoms. The first-order chi connectivity index (χ1) is 10.2. The van der Waals surface area contributed by atoms with Gasteiger partial charge in [-0.3, -0.25) is 4.79 Å². The van der Waals surface area contributed by atoms with Gasteiger partial charge in [-0.25, -0.2) is 4.98 Å². The fourth-order valence-corrected chi connectivity index (χ4v) is 3.79. The van der Waals surface area contributed by atoms with Gasteiger partial charge < -0.3 is 4.57 Å². The molecule has 0 radical (unpaired) electrons. The first kappa shape index (κ1) is 14.5. The number of hydrogen-bond donors (Lipinski definition) is 0. The minimum Gasteiger partial charge on any atom is -0.330 e. The fourth-order valence-electron chi connectivity index (χ4n) is 3.01. The number of aromatic nitrogens is 2. The van der Waals surface area contributed by atoms with Crippen molar-refractivity contribution in [3.05, 3.63) is 54.1 Å².